The number of nitrogens with zero attached hydrogens (tertiary/aromatic N) is 1. The maximum Gasteiger partial charge on any atom is 0.259 e. The Hall–Kier alpha value is -2.55. The summed E-state index contributed by atoms with van der Waals surface area (Å²) in [5.74, 6) is -2.66. The van der Waals surface area contributed by atoms with Crippen LogP contribution in [-0.2, 0) is 4.79 Å². The van der Waals surface area contributed by atoms with E-state index in [4.69, 9.17) is 58.0 Å². The number of hydrogen-bond acceptors (Lipinski definition) is 3. The number of carbonyl (C=O) groups is 2. The quantitative estimate of drug-likeness (QED) is 0.213. The molecule has 1 aliphatic carbocycles. The average molecular weight is 587 g/mol. The van der Waals surface area contributed by atoms with Crippen molar-refractivity contribution in [1.82, 2.24) is 9.97 Å². The number of nitrogens with one attached hydrogen (secondary N) is 3. The van der Waals surface area contributed by atoms with Crippen molar-refractivity contribution < 1.29 is 14.0 Å². The first kappa shape index (κ1) is 25.1. The van der Waals surface area contributed by atoms with Crippen molar-refractivity contribution in [3.63, 3.8) is 0 Å². The van der Waals surface area contributed by atoms with Crippen molar-refractivity contribution in [1.29, 1.82) is 0 Å². The number of halogens is 6. The molecule has 0 bridgehead atoms. The van der Waals surface area contributed by atoms with Gasteiger partial charge in [-0.05, 0) is 60.2 Å². The summed E-state index contributed by atoms with van der Waals surface area (Å²) in [4.78, 5) is 32.9. The summed E-state index contributed by atoms with van der Waals surface area (Å²) in [6, 6.07) is 13.3. The van der Waals surface area contributed by atoms with E-state index in [9.17, 15) is 14.0 Å². The number of fused-ring (bicyclic) bond motifs is 1. The summed E-state index contributed by atoms with van der Waals surface area (Å²) in [5, 5.41) is 6.25. The molecule has 2 amide bonds. The first-order valence-electron chi connectivity index (χ1n) is 10.4. The lowest BCUT2D eigenvalue weighted by Crippen LogP contribution is -2.18. The van der Waals surface area contributed by atoms with Crippen LogP contribution < -0.4 is 10.6 Å². The van der Waals surface area contributed by atoms with Crippen LogP contribution in [0.1, 0.15) is 21.8 Å². The molecule has 0 spiro atoms. The van der Waals surface area contributed by atoms with Gasteiger partial charge >= 0.3 is 0 Å². The van der Waals surface area contributed by atoms with Crippen LogP contribution in [0, 0.1) is 11.7 Å². The first-order valence-corrected chi connectivity index (χ1v) is 12.3. The molecule has 1 fully saturated rings. The molecule has 0 aliphatic heterocycles. The van der Waals surface area contributed by atoms with E-state index in [0.717, 1.165) is 0 Å². The van der Waals surface area contributed by atoms with Crippen molar-refractivity contribution >= 4 is 92.5 Å². The third-order valence-corrected chi connectivity index (χ3v) is 7.44. The summed E-state index contributed by atoms with van der Waals surface area (Å²) in [6.07, 6.45) is 0. The number of aromatic amines is 1. The molecule has 0 radical (unpaired) electrons. The average Bonchev–Trinajstić information content (AvgIpc) is 3.16. The van der Waals surface area contributed by atoms with Gasteiger partial charge in [0.2, 0.25) is 11.9 Å². The maximum absolute atomic E-state index is 13.4. The van der Waals surface area contributed by atoms with Gasteiger partial charge in [-0.2, -0.15) is 0 Å². The molecule has 184 valence electrons. The number of benzene rings is 3. The van der Waals surface area contributed by atoms with Gasteiger partial charge in [0, 0.05) is 21.7 Å². The Morgan fingerprint density at radius 1 is 0.944 bits per heavy atom. The number of carbonyl (C=O) groups excluding carboxylic acids is 2. The van der Waals surface area contributed by atoms with Gasteiger partial charge in [-0.15, -0.1) is 23.2 Å². The van der Waals surface area contributed by atoms with Crippen LogP contribution >= 0.6 is 58.0 Å². The molecule has 4 aromatic rings. The van der Waals surface area contributed by atoms with Crippen molar-refractivity contribution in [3.8, 4) is 0 Å². The summed E-state index contributed by atoms with van der Waals surface area (Å²) in [7, 11) is 0. The third-order valence-electron chi connectivity index (χ3n) is 5.73. The second-order valence-corrected chi connectivity index (χ2v) is 10.9. The fraction of sp³-hybridized carbons (Fsp3) is 0.125. The Bertz CT molecular complexity index is 1520. The monoisotopic (exact) mass is 584 g/mol. The maximum atomic E-state index is 13.4. The Morgan fingerprint density at radius 2 is 1.67 bits per heavy atom. The van der Waals surface area contributed by atoms with Crippen molar-refractivity contribution in [3.05, 3.63) is 86.6 Å². The fourth-order valence-electron chi connectivity index (χ4n) is 4.04. The number of amides is 2. The molecule has 1 aromatic heterocycles. The van der Waals surface area contributed by atoms with E-state index < -0.39 is 33.8 Å². The zero-order valence-electron chi connectivity index (χ0n) is 17.9. The summed E-state index contributed by atoms with van der Waals surface area (Å²) in [5.41, 5.74) is 1.92. The molecule has 0 saturated heterocycles. The van der Waals surface area contributed by atoms with E-state index in [2.05, 4.69) is 20.6 Å². The topological polar surface area (TPSA) is 86.9 Å². The number of alkyl halides is 2. The van der Waals surface area contributed by atoms with E-state index in [-0.39, 0.29) is 16.5 Å². The number of anilines is 2. The highest BCUT2D eigenvalue weighted by Crippen LogP contribution is 2.65. The van der Waals surface area contributed by atoms with E-state index in [0.29, 0.717) is 32.3 Å². The van der Waals surface area contributed by atoms with Gasteiger partial charge in [0.1, 0.15) is 10.2 Å². The molecular formula is C24H14Cl5FN4O2. The minimum atomic E-state index is -1.36. The lowest BCUT2D eigenvalue weighted by Gasteiger charge is -2.09. The lowest BCUT2D eigenvalue weighted by molar-refractivity contribution is -0.117. The molecule has 1 heterocycles. The molecule has 12 heteroatoms. The second kappa shape index (κ2) is 9.39. The van der Waals surface area contributed by atoms with Crippen molar-refractivity contribution in [2.24, 2.45) is 5.92 Å². The van der Waals surface area contributed by atoms with Gasteiger partial charge in [-0.1, -0.05) is 34.8 Å². The van der Waals surface area contributed by atoms with Crippen LogP contribution in [0.25, 0.3) is 11.0 Å². The summed E-state index contributed by atoms with van der Waals surface area (Å²) >= 11 is 31.2. The Morgan fingerprint density at radius 3 is 2.39 bits per heavy atom. The van der Waals surface area contributed by atoms with Gasteiger partial charge in [0.15, 0.2) is 0 Å². The molecule has 36 heavy (non-hydrogen) atoms. The molecule has 6 nitrogen and oxygen atoms in total. The summed E-state index contributed by atoms with van der Waals surface area (Å²) < 4.78 is 12.1. The molecule has 3 aromatic carbocycles. The standard InChI is InChI=1S/C24H14Cl5FN4O2/c25-11-5-10(6-12(26)7-11)19-20(24(19,28)29)22(36)31-14-2-3-16(27)15(9-14)21(35)34-23-32-17-4-1-13(30)8-18(17)33-23/h1-9,19-20H,(H,31,36)(H2,32,33,34,35)/t19-,20+/m0/s1. The van der Waals surface area contributed by atoms with Crippen LogP contribution in [0.5, 0.6) is 0 Å². The van der Waals surface area contributed by atoms with Gasteiger partial charge in [-0.3, -0.25) is 14.9 Å². The molecule has 5 rings (SSSR count). The van der Waals surface area contributed by atoms with Crippen LogP contribution in [0.15, 0.2) is 54.6 Å². The largest absolute Gasteiger partial charge is 0.326 e. The highest BCUT2D eigenvalue weighted by molar-refractivity contribution is 6.53. The van der Waals surface area contributed by atoms with E-state index in [1.165, 1.54) is 30.3 Å². The zero-order chi connectivity index (χ0) is 25.8. The van der Waals surface area contributed by atoms with Gasteiger partial charge in [-0.25, -0.2) is 9.37 Å². The predicted molar refractivity (Wildman–Crippen MR) is 141 cm³/mol. The zero-order valence-corrected chi connectivity index (χ0v) is 21.7. The van der Waals surface area contributed by atoms with E-state index in [1.807, 2.05) is 0 Å². The number of hydrogen-bond donors (Lipinski definition) is 3. The summed E-state index contributed by atoms with van der Waals surface area (Å²) in [6.45, 7) is 0. The number of rotatable bonds is 5. The predicted octanol–water partition coefficient (Wildman–Crippen LogP) is 7.44. The highest BCUT2D eigenvalue weighted by Gasteiger charge is 2.67. The first-order chi connectivity index (χ1) is 17.0. The molecule has 1 saturated carbocycles. The van der Waals surface area contributed by atoms with Crippen LogP contribution in [-0.4, -0.2) is 26.1 Å². The lowest BCUT2D eigenvalue weighted by atomic mass is 10.1. The smallest absolute Gasteiger partial charge is 0.259 e. The Balaban J connectivity index is 1.33. The minimum absolute atomic E-state index is 0.0816. The van der Waals surface area contributed by atoms with Crippen LogP contribution in [0.2, 0.25) is 15.1 Å². The van der Waals surface area contributed by atoms with Crippen molar-refractivity contribution in [2.75, 3.05) is 10.6 Å². The fourth-order valence-corrected chi connectivity index (χ4v) is 5.61. The van der Waals surface area contributed by atoms with Crippen molar-refractivity contribution in [2.45, 2.75) is 10.3 Å². The molecule has 2 atom stereocenters. The number of aromatic nitrogens is 2. The molecule has 1 aliphatic rings. The minimum Gasteiger partial charge on any atom is -0.326 e. The SMILES string of the molecule is O=C(Nc1nc2ccc(F)cc2[nH]1)c1cc(NC(=O)[C@H]2[C@H](c3cc(Cl)cc(Cl)c3)C2(Cl)Cl)ccc1Cl. The van der Waals surface area contributed by atoms with Gasteiger partial charge in [0.05, 0.1) is 27.5 Å². The van der Waals surface area contributed by atoms with Gasteiger partial charge < -0.3 is 10.3 Å². The third kappa shape index (κ3) is 4.86. The van der Waals surface area contributed by atoms with Crippen LogP contribution in [0.4, 0.5) is 16.0 Å². The van der Waals surface area contributed by atoms with Crippen LogP contribution in [0.3, 0.4) is 0 Å². The number of imidazole rings is 1. The number of H-pyrrole nitrogens is 1. The van der Waals surface area contributed by atoms with E-state index >= 15 is 0 Å². The van der Waals surface area contributed by atoms with Gasteiger partial charge in [0.25, 0.3) is 5.91 Å². The Kier molecular flexibility index (Phi) is 6.55. The second-order valence-electron chi connectivity index (χ2n) is 8.22. The van der Waals surface area contributed by atoms with E-state index in [1.54, 1.807) is 24.3 Å². The highest BCUT2D eigenvalue weighted by atomic mass is 35.5. The molecule has 3 N–H and O–H groups in total. The normalized spacial score (nSPS) is 18.2. The molecular weight excluding hydrogens is 573 g/mol. The Labute approximate surface area is 229 Å². The molecule has 0 unspecified atom stereocenters.